The Kier molecular flexibility index (Phi) is 4.05. The number of ether oxygens (including phenoxy) is 1. The number of aryl methyl sites for hydroxylation is 1. The molecule has 1 aromatic carbocycles. The molecule has 0 aliphatic heterocycles. The molecule has 0 unspecified atom stereocenters. The quantitative estimate of drug-likeness (QED) is 0.826. The van der Waals surface area contributed by atoms with Crippen molar-refractivity contribution in [3.05, 3.63) is 23.3 Å². The molecule has 0 spiro atoms. The first-order chi connectivity index (χ1) is 8.13. The lowest BCUT2D eigenvalue weighted by molar-refractivity contribution is 0.242. The fraction of sp³-hybridized carbons (Fsp3) is 0.500. The van der Waals surface area contributed by atoms with Gasteiger partial charge in [0.25, 0.3) is 10.0 Å². The first kappa shape index (κ1) is 14.9. The van der Waals surface area contributed by atoms with E-state index in [-0.39, 0.29) is 10.3 Å². The topological polar surface area (TPSA) is 75.6 Å². The van der Waals surface area contributed by atoms with Crippen molar-refractivity contribution in [3.63, 3.8) is 0 Å². The zero-order valence-corrected chi connectivity index (χ0v) is 12.1. The van der Waals surface area contributed by atoms with E-state index < -0.39 is 10.0 Å². The van der Waals surface area contributed by atoms with Crippen molar-refractivity contribution in [1.29, 1.82) is 0 Å². The van der Waals surface area contributed by atoms with E-state index in [1.165, 1.54) is 11.0 Å². The van der Waals surface area contributed by atoms with E-state index in [0.717, 1.165) is 5.56 Å². The molecule has 102 valence electrons. The van der Waals surface area contributed by atoms with Crippen LogP contribution in [0.15, 0.2) is 17.0 Å². The first-order valence-electron chi connectivity index (χ1n) is 5.48. The number of nitrogens with one attached hydrogen (secondary N) is 1. The summed E-state index contributed by atoms with van der Waals surface area (Å²) >= 11 is 0. The highest BCUT2D eigenvalue weighted by Gasteiger charge is 2.24. The molecule has 1 aromatic rings. The van der Waals surface area contributed by atoms with Gasteiger partial charge in [0.05, 0.1) is 12.0 Å². The molecule has 0 bridgehead atoms. The van der Waals surface area contributed by atoms with Crippen molar-refractivity contribution in [1.82, 2.24) is 4.89 Å². The van der Waals surface area contributed by atoms with Crippen LogP contribution in [0.5, 0.6) is 5.75 Å². The van der Waals surface area contributed by atoms with Gasteiger partial charge in [-0.3, -0.25) is 0 Å². The second kappa shape index (κ2) is 4.87. The zero-order chi connectivity index (χ0) is 14.1. The summed E-state index contributed by atoms with van der Waals surface area (Å²) in [7, 11) is -2.34. The maximum Gasteiger partial charge on any atom is 0.262 e. The van der Waals surface area contributed by atoms with Gasteiger partial charge < -0.3 is 9.94 Å². The summed E-state index contributed by atoms with van der Waals surface area (Å²) in [4.78, 5) is 1.40. The van der Waals surface area contributed by atoms with E-state index in [4.69, 9.17) is 9.94 Å². The van der Waals surface area contributed by atoms with Crippen LogP contribution in [0.4, 0.5) is 0 Å². The van der Waals surface area contributed by atoms with Crippen LogP contribution in [0.25, 0.3) is 0 Å². The summed E-state index contributed by atoms with van der Waals surface area (Å²) in [5, 5.41) is 8.72. The van der Waals surface area contributed by atoms with Crippen LogP contribution >= 0.6 is 0 Å². The normalized spacial score (nSPS) is 12.6. The summed E-state index contributed by atoms with van der Waals surface area (Å²) in [5.74, 6) is 0.636. The third-order valence-electron chi connectivity index (χ3n) is 2.71. The largest absolute Gasteiger partial charge is 0.496 e. The van der Waals surface area contributed by atoms with Gasteiger partial charge in [0.1, 0.15) is 5.75 Å². The Morgan fingerprint density at radius 2 is 1.83 bits per heavy atom. The summed E-state index contributed by atoms with van der Waals surface area (Å²) in [6, 6.07) is 3.19. The van der Waals surface area contributed by atoms with Gasteiger partial charge in [-0.25, -0.2) is 8.42 Å². The highest BCUT2D eigenvalue weighted by atomic mass is 32.2. The highest BCUT2D eigenvalue weighted by molar-refractivity contribution is 7.89. The standard InChI is InChI=1S/C12H19NO4S/c1-8-6-10(17-5)9(12(2,3)4)7-11(8)18(15,16)13-14/h6-7,13-14H,1-5H3. The van der Waals surface area contributed by atoms with Crippen LogP contribution < -0.4 is 9.62 Å². The second-order valence-corrected chi connectivity index (χ2v) is 6.79. The maximum absolute atomic E-state index is 11.7. The van der Waals surface area contributed by atoms with Crippen LogP contribution in [-0.2, 0) is 15.4 Å². The number of sulfonamides is 1. The molecule has 0 saturated carbocycles. The Morgan fingerprint density at radius 3 is 2.22 bits per heavy atom. The van der Waals surface area contributed by atoms with Gasteiger partial charge in [0, 0.05) is 5.56 Å². The lowest BCUT2D eigenvalue weighted by atomic mass is 9.86. The van der Waals surface area contributed by atoms with Crippen molar-refractivity contribution in [2.75, 3.05) is 7.11 Å². The van der Waals surface area contributed by atoms with Crippen molar-refractivity contribution in [3.8, 4) is 5.75 Å². The molecule has 0 atom stereocenters. The summed E-state index contributed by atoms with van der Waals surface area (Å²) in [5.41, 5.74) is 1.02. The third kappa shape index (κ3) is 2.82. The molecule has 0 radical (unpaired) electrons. The lowest BCUT2D eigenvalue weighted by Gasteiger charge is -2.23. The summed E-state index contributed by atoms with van der Waals surface area (Å²) in [6.07, 6.45) is 0. The van der Waals surface area contributed by atoms with Crippen molar-refractivity contribution in [2.45, 2.75) is 38.0 Å². The Bertz CT molecular complexity index is 544. The number of hydrogen-bond donors (Lipinski definition) is 2. The van der Waals surface area contributed by atoms with Gasteiger partial charge >= 0.3 is 0 Å². The fourth-order valence-electron chi connectivity index (χ4n) is 1.76. The smallest absolute Gasteiger partial charge is 0.262 e. The van der Waals surface area contributed by atoms with Crippen molar-refractivity contribution >= 4 is 10.0 Å². The summed E-state index contributed by atoms with van der Waals surface area (Å²) < 4.78 is 28.7. The molecule has 5 nitrogen and oxygen atoms in total. The Hall–Kier alpha value is -1.11. The molecule has 0 fully saturated rings. The molecule has 6 heteroatoms. The van der Waals surface area contributed by atoms with E-state index in [9.17, 15) is 8.42 Å². The van der Waals surface area contributed by atoms with E-state index in [0.29, 0.717) is 11.3 Å². The number of methoxy groups -OCH3 is 1. The van der Waals surface area contributed by atoms with E-state index in [1.54, 1.807) is 20.1 Å². The minimum Gasteiger partial charge on any atom is -0.496 e. The molecule has 0 amide bonds. The average molecular weight is 273 g/mol. The molecule has 0 heterocycles. The van der Waals surface area contributed by atoms with Crippen LogP contribution in [0, 0.1) is 6.92 Å². The Labute approximate surface area is 108 Å². The van der Waals surface area contributed by atoms with E-state index in [2.05, 4.69) is 0 Å². The number of hydrogen-bond acceptors (Lipinski definition) is 4. The molecule has 0 aliphatic rings. The van der Waals surface area contributed by atoms with Gasteiger partial charge in [-0.15, -0.1) is 0 Å². The van der Waals surface area contributed by atoms with Gasteiger partial charge in [-0.2, -0.15) is 0 Å². The first-order valence-corrected chi connectivity index (χ1v) is 6.97. The number of benzene rings is 1. The average Bonchev–Trinajstić information content (AvgIpc) is 2.26. The van der Waals surface area contributed by atoms with Crippen LogP contribution in [0.2, 0.25) is 0 Å². The lowest BCUT2D eigenvalue weighted by Crippen LogP contribution is -2.22. The van der Waals surface area contributed by atoms with Crippen LogP contribution in [-0.4, -0.2) is 20.7 Å². The molecule has 0 aliphatic carbocycles. The predicted molar refractivity (Wildman–Crippen MR) is 68.5 cm³/mol. The minimum atomic E-state index is -3.89. The highest BCUT2D eigenvalue weighted by Crippen LogP contribution is 2.34. The molecule has 2 N–H and O–H groups in total. The second-order valence-electron chi connectivity index (χ2n) is 5.16. The van der Waals surface area contributed by atoms with Gasteiger partial charge in [0.15, 0.2) is 0 Å². The fourth-order valence-corrected chi connectivity index (χ4v) is 2.61. The van der Waals surface area contributed by atoms with E-state index in [1.807, 2.05) is 20.8 Å². The maximum atomic E-state index is 11.7. The molecule has 1 rings (SSSR count). The van der Waals surface area contributed by atoms with Gasteiger partial charge in [-0.05, 0) is 30.0 Å². The van der Waals surface area contributed by atoms with Crippen LogP contribution in [0.3, 0.4) is 0 Å². The SMILES string of the molecule is COc1cc(C)c(S(=O)(=O)NO)cc1C(C)(C)C. The Balaban J connectivity index is 3.60. The molecular formula is C12H19NO4S. The third-order valence-corrected chi connectivity index (χ3v) is 3.97. The monoisotopic (exact) mass is 273 g/mol. The van der Waals surface area contributed by atoms with Crippen molar-refractivity contribution < 1.29 is 18.4 Å². The molecular weight excluding hydrogens is 254 g/mol. The van der Waals surface area contributed by atoms with Gasteiger partial charge in [-0.1, -0.05) is 25.7 Å². The predicted octanol–water partition coefficient (Wildman–Crippen LogP) is 1.97. The minimum absolute atomic E-state index is 0.0516. The molecule has 0 saturated heterocycles. The van der Waals surface area contributed by atoms with E-state index >= 15 is 0 Å². The zero-order valence-electron chi connectivity index (χ0n) is 11.2. The molecule has 18 heavy (non-hydrogen) atoms. The summed E-state index contributed by atoms with van der Waals surface area (Å²) in [6.45, 7) is 7.54. The van der Waals surface area contributed by atoms with Crippen LogP contribution in [0.1, 0.15) is 31.9 Å². The van der Waals surface area contributed by atoms with Crippen molar-refractivity contribution in [2.24, 2.45) is 0 Å². The molecule has 0 aromatic heterocycles. The van der Waals surface area contributed by atoms with Gasteiger partial charge in [0.2, 0.25) is 0 Å². The number of rotatable bonds is 3. The Morgan fingerprint density at radius 1 is 1.28 bits per heavy atom.